The minimum atomic E-state index is -4.63. The van der Waals surface area contributed by atoms with E-state index in [-0.39, 0.29) is 53.1 Å². The van der Waals surface area contributed by atoms with Gasteiger partial charge in [-0.25, -0.2) is 19.7 Å². The first-order valence-corrected chi connectivity index (χ1v) is 17.4. The van der Waals surface area contributed by atoms with Crippen molar-refractivity contribution in [2.75, 3.05) is 11.3 Å². The summed E-state index contributed by atoms with van der Waals surface area (Å²) in [5.41, 5.74) is 2.98. The third-order valence-electron chi connectivity index (χ3n) is 8.91. The fraction of sp³-hybridized carbons (Fsp3) is 0.378. The number of benzene rings is 2. The fourth-order valence-electron chi connectivity index (χ4n) is 6.02. The molecule has 1 unspecified atom stereocenters. The van der Waals surface area contributed by atoms with Gasteiger partial charge in [0, 0.05) is 35.0 Å². The monoisotopic (exact) mass is 720 g/mol. The number of carbonyl (C=O) groups is 1. The smallest absolute Gasteiger partial charge is 0.421 e. The van der Waals surface area contributed by atoms with Crippen LogP contribution in [0, 0.1) is 19.3 Å². The number of nitrogens with one attached hydrogen (secondary N) is 2. The molecule has 6 rings (SSSR count). The summed E-state index contributed by atoms with van der Waals surface area (Å²) < 4.78 is 57.1. The number of fused-ring (bicyclic) bond motifs is 1. The van der Waals surface area contributed by atoms with Gasteiger partial charge in [0.1, 0.15) is 23.4 Å². The van der Waals surface area contributed by atoms with Crippen LogP contribution in [0.2, 0.25) is 0 Å². The molecule has 3 aromatic heterocycles. The average molecular weight is 721 g/mol. The quantitative estimate of drug-likeness (QED) is 0.0949. The number of anilines is 1. The van der Waals surface area contributed by atoms with Crippen LogP contribution in [0.1, 0.15) is 84.5 Å². The van der Waals surface area contributed by atoms with E-state index in [2.05, 4.69) is 31.9 Å². The van der Waals surface area contributed by atoms with Crippen molar-refractivity contribution >= 4 is 35.1 Å². The highest BCUT2D eigenvalue weighted by Gasteiger charge is 2.41. The van der Waals surface area contributed by atoms with E-state index >= 15 is 0 Å². The predicted octanol–water partition coefficient (Wildman–Crippen LogP) is 8.98. The first-order valence-electron chi connectivity index (χ1n) is 16.6. The maximum Gasteiger partial charge on any atom is 0.421 e. The van der Waals surface area contributed by atoms with Gasteiger partial charge < -0.3 is 19.6 Å². The molecule has 0 saturated heterocycles. The van der Waals surface area contributed by atoms with Gasteiger partial charge >= 0.3 is 12.1 Å². The Morgan fingerprint density at radius 2 is 1.80 bits per heavy atom. The summed E-state index contributed by atoms with van der Waals surface area (Å²) in [5.74, 6) is -1.09. The molecule has 1 aliphatic carbocycles. The zero-order valence-electron chi connectivity index (χ0n) is 28.9. The van der Waals surface area contributed by atoms with Gasteiger partial charge in [-0.2, -0.15) is 18.2 Å². The van der Waals surface area contributed by atoms with Crippen LogP contribution in [0.25, 0.3) is 22.5 Å². The van der Waals surface area contributed by atoms with Crippen LogP contribution in [-0.4, -0.2) is 43.7 Å². The van der Waals surface area contributed by atoms with Crippen LogP contribution in [0.4, 0.5) is 19.1 Å². The summed E-state index contributed by atoms with van der Waals surface area (Å²) in [5, 5.41) is 12.8. The van der Waals surface area contributed by atoms with Crippen molar-refractivity contribution in [2.24, 2.45) is 5.41 Å². The molecule has 51 heavy (non-hydrogen) atoms. The molecular weight excluding hydrogens is 682 g/mol. The third-order valence-corrected chi connectivity index (χ3v) is 9.69. The van der Waals surface area contributed by atoms with Gasteiger partial charge in [0.05, 0.1) is 23.1 Å². The van der Waals surface area contributed by atoms with E-state index in [1.165, 1.54) is 24.2 Å². The molecule has 5 aromatic rings. The van der Waals surface area contributed by atoms with E-state index in [0.717, 1.165) is 36.0 Å². The number of rotatable bonds is 14. The first-order chi connectivity index (χ1) is 24.2. The SMILES string of the molecule is Cc1cccc(C)c1-c1cc(OCC(CC2(C)CC2)NCc2cnc3oc(C(C)C)c(C(F)(F)F)c3n2)nc(NSc2cccc(C(=O)O)c2)n1. The number of carboxylic acids is 1. The number of hydrogen-bond donors (Lipinski definition) is 3. The number of ether oxygens (including phenoxy) is 1. The Morgan fingerprint density at radius 1 is 1.08 bits per heavy atom. The Kier molecular flexibility index (Phi) is 10.3. The van der Waals surface area contributed by atoms with Gasteiger partial charge in [0.15, 0.2) is 0 Å². The van der Waals surface area contributed by atoms with Crippen molar-refractivity contribution in [2.45, 2.75) is 83.5 Å². The number of aromatic nitrogens is 4. The number of alkyl halides is 3. The number of carboxylic acid groups (broad SMARTS) is 1. The van der Waals surface area contributed by atoms with Crippen LogP contribution in [0.5, 0.6) is 5.88 Å². The highest BCUT2D eigenvalue weighted by atomic mass is 32.2. The van der Waals surface area contributed by atoms with Crippen LogP contribution in [-0.2, 0) is 12.7 Å². The molecule has 268 valence electrons. The maximum absolute atomic E-state index is 14.1. The number of hydrogen-bond acceptors (Lipinski definition) is 10. The zero-order valence-corrected chi connectivity index (χ0v) is 29.7. The van der Waals surface area contributed by atoms with Gasteiger partial charge in [0.25, 0.3) is 0 Å². The molecule has 0 spiro atoms. The molecule has 10 nitrogen and oxygen atoms in total. The van der Waals surface area contributed by atoms with Crippen molar-refractivity contribution in [3.8, 4) is 17.1 Å². The molecule has 3 N–H and O–H groups in total. The molecular formula is C37H39F3N6O4S. The third kappa shape index (κ3) is 8.62. The lowest BCUT2D eigenvalue weighted by Gasteiger charge is -2.22. The van der Waals surface area contributed by atoms with Gasteiger partial charge in [-0.15, -0.1) is 0 Å². The summed E-state index contributed by atoms with van der Waals surface area (Å²) in [7, 11) is 0. The van der Waals surface area contributed by atoms with E-state index < -0.39 is 23.6 Å². The molecule has 1 fully saturated rings. The Bertz CT molecular complexity index is 2040. The highest BCUT2D eigenvalue weighted by molar-refractivity contribution is 8.00. The Balaban J connectivity index is 1.24. The molecule has 1 atom stereocenters. The predicted molar refractivity (Wildman–Crippen MR) is 189 cm³/mol. The molecule has 0 amide bonds. The summed E-state index contributed by atoms with van der Waals surface area (Å²) in [6, 6.07) is 14.1. The van der Waals surface area contributed by atoms with Crippen molar-refractivity contribution in [3.63, 3.8) is 0 Å². The summed E-state index contributed by atoms with van der Waals surface area (Å²) in [6.45, 7) is 9.88. The lowest BCUT2D eigenvalue weighted by molar-refractivity contribution is -0.137. The Hall–Kier alpha value is -4.69. The number of furan rings is 1. The zero-order chi connectivity index (χ0) is 36.5. The van der Waals surface area contributed by atoms with Crippen molar-refractivity contribution in [3.05, 3.63) is 88.4 Å². The van der Waals surface area contributed by atoms with Gasteiger partial charge in [0.2, 0.25) is 17.5 Å². The molecule has 0 aliphatic heterocycles. The van der Waals surface area contributed by atoms with Crippen molar-refractivity contribution < 1.29 is 32.2 Å². The van der Waals surface area contributed by atoms with E-state index in [0.29, 0.717) is 22.2 Å². The maximum atomic E-state index is 14.1. The largest absolute Gasteiger partial charge is 0.478 e. The van der Waals surface area contributed by atoms with Gasteiger partial charge in [-0.05, 0) is 79.8 Å². The molecule has 3 heterocycles. The number of aryl methyl sites for hydroxylation is 2. The molecule has 14 heteroatoms. The second-order valence-corrected chi connectivity index (χ2v) is 14.5. The van der Waals surface area contributed by atoms with Crippen molar-refractivity contribution in [1.29, 1.82) is 0 Å². The fourth-order valence-corrected chi connectivity index (χ4v) is 6.65. The average Bonchev–Trinajstić information content (AvgIpc) is 3.66. The van der Waals surface area contributed by atoms with Gasteiger partial charge in [-0.3, -0.25) is 4.72 Å². The minimum Gasteiger partial charge on any atom is -0.478 e. The Morgan fingerprint density at radius 3 is 2.47 bits per heavy atom. The Labute approximate surface area is 297 Å². The molecule has 1 aliphatic rings. The minimum absolute atomic E-state index is 0.125. The van der Waals surface area contributed by atoms with E-state index in [9.17, 15) is 23.1 Å². The molecule has 2 aromatic carbocycles. The van der Waals surface area contributed by atoms with E-state index in [1.807, 2.05) is 32.0 Å². The molecule has 0 bridgehead atoms. The topological polar surface area (TPSA) is 135 Å². The second-order valence-electron chi connectivity index (χ2n) is 13.6. The number of halogens is 3. The standard InChI is InChI=1S/C37H39F3N6O4S/c1-20(2)32-30(37(38,39)40)31-33(50-32)42-18-25(43-31)17-41-24(16-36(5)12-13-36)19-49-28-15-27(29-21(3)8-6-9-22(29)4)44-35(45-28)46-51-26-11-7-10-23(14-26)34(47)48/h6-11,14-15,18,20,24,41H,12-13,16-17,19H2,1-5H3,(H,47,48)(H,44,45,46). The summed E-state index contributed by atoms with van der Waals surface area (Å²) >= 11 is 1.18. The van der Waals surface area contributed by atoms with E-state index in [1.54, 1.807) is 38.1 Å². The molecule has 1 saturated carbocycles. The van der Waals surface area contributed by atoms with Crippen LogP contribution >= 0.6 is 11.9 Å². The van der Waals surface area contributed by atoms with Crippen LogP contribution < -0.4 is 14.8 Å². The normalized spacial score (nSPS) is 14.5. The second kappa shape index (κ2) is 14.5. The summed E-state index contributed by atoms with van der Waals surface area (Å²) in [6.07, 6.45) is -0.294. The lowest BCUT2D eigenvalue weighted by atomic mass is 9.99. The lowest BCUT2D eigenvalue weighted by Crippen LogP contribution is -2.36. The van der Waals surface area contributed by atoms with E-state index in [4.69, 9.17) is 14.1 Å². The van der Waals surface area contributed by atoms with Gasteiger partial charge in [-0.1, -0.05) is 45.0 Å². The number of nitrogens with zero attached hydrogens (tertiary/aromatic N) is 4. The number of aromatic carboxylic acids is 1. The van der Waals surface area contributed by atoms with Crippen molar-refractivity contribution in [1.82, 2.24) is 25.3 Å². The summed E-state index contributed by atoms with van der Waals surface area (Å²) in [4.78, 5) is 30.1. The van der Waals surface area contributed by atoms with Crippen LogP contribution in [0.15, 0.2) is 64.0 Å². The van der Waals surface area contributed by atoms with Crippen LogP contribution in [0.3, 0.4) is 0 Å². The first kappa shape index (κ1) is 36.1. The highest BCUT2D eigenvalue weighted by Crippen LogP contribution is 2.49. The molecule has 0 radical (unpaired) electrons.